The minimum Gasteiger partial charge on any atom is -0.316 e. The maximum Gasteiger partial charge on any atom is 0.252 e. The lowest BCUT2D eigenvalue weighted by atomic mass is 10.0. The molecular formula is C23H26N2O3S2. The van der Waals surface area contributed by atoms with Crippen molar-refractivity contribution >= 4 is 38.4 Å². The van der Waals surface area contributed by atoms with Gasteiger partial charge < -0.3 is 4.90 Å². The van der Waals surface area contributed by atoms with Gasteiger partial charge in [0.15, 0.2) is 15.0 Å². The number of amides is 1. The number of anilines is 1. The van der Waals surface area contributed by atoms with Gasteiger partial charge in [0.25, 0.3) is 5.91 Å². The van der Waals surface area contributed by atoms with Crippen molar-refractivity contribution in [1.29, 1.82) is 0 Å². The highest BCUT2D eigenvalue weighted by Crippen LogP contribution is 2.41. The molecule has 2 saturated heterocycles. The maximum absolute atomic E-state index is 12.7. The van der Waals surface area contributed by atoms with E-state index in [1.165, 1.54) is 17.3 Å². The predicted molar refractivity (Wildman–Crippen MR) is 124 cm³/mol. The summed E-state index contributed by atoms with van der Waals surface area (Å²) in [6, 6.07) is 15.8. The zero-order valence-corrected chi connectivity index (χ0v) is 19.0. The van der Waals surface area contributed by atoms with E-state index in [-0.39, 0.29) is 35.1 Å². The van der Waals surface area contributed by atoms with Crippen molar-refractivity contribution in [2.24, 2.45) is 4.99 Å². The number of carbonyl (C=O) groups excluding carboxylic acids is 1. The van der Waals surface area contributed by atoms with Crippen LogP contribution < -0.4 is 4.90 Å². The Morgan fingerprint density at radius 2 is 1.77 bits per heavy atom. The van der Waals surface area contributed by atoms with Crippen LogP contribution in [-0.2, 0) is 21.1 Å². The molecule has 2 aromatic carbocycles. The Kier molecular flexibility index (Phi) is 5.77. The second-order valence-corrected chi connectivity index (χ2v) is 11.7. The van der Waals surface area contributed by atoms with Gasteiger partial charge in [0.1, 0.15) is 0 Å². The Morgan fingerprint density at radius 3 is 2.40 bits per heavy atom. The number of hydrogen-bond acceptors (Lipinski definition) is 4. The van der Waals surface area contributed by atoms with Crippen LogP contribution in [0.2, 0.25) is 0 Å². The molecule has 5 nitrogen and oxygen atoms in total. The number of aryl methyl sites for hydroxylation is 1. The first-order valence-corrected chi connectivity index (χ1v) is 12.9. The summed E-state index contributed by atoms with van der Waals surface area (Å²) in [7, 11) is -3.07. The van der Waals surface area contributed by atoms with Crippen LogP contribution in [-0.4, -0.2) is 42.3 Å². The lowest BCUT2D eigenvalue weighted by molar-refractivity contribution is -0.117. The van der Waals surface area contributed by atoms with Crippen LogP contribution in [0, 0.1) is 6.92 Å². The van der Waals surface area contributed by atoms with Crippen molar-refractivity contribution in [2.45, 2.75) is 44.4 Å². The number of sulfone groups is 1. The van der Waals surface area contributed by atoms with Crippen LogP contribution >= 0.6 is 11.8 Å². The molecule has 2 atom stereocenters. The summed E-state index contributed by atoms with van der Waals surface area (Å²) in [5, 5.41) is 0.514. The first-order valence-electron chi connectivity index (χ1n) is 10.2. The first kappa shape index (κ1) is 21.1. The van der Waals surface area contributed by atoms with Crippen LogP contribution in [0.15, 0.2) is 53.5 Å². The molecule has 4 rings (SSSR count). The van der Waals surface area contributed by atoms with E-state index in [2.05, 4.69) is 31.0 Å². The van der Waals surface area contributed by atoms with Crippen LogP contribution in [0.3, 0.4) is 0 Å². The van der Waals surface area contributed by atoms with Crippen molar-refractivity contribution in [3.05, 3.63) is 65.2 Å². The van der Waals surface area contributed by atoms with E-state index < -0.39 is 9.84 Å². The fraction of sp³-hybridized carbons (Fsp3) is 0.391. The molecule has 2 aromatic rings. The number of aliphatic imine (C=N–C) groups is 1. The van der Waals surface area contributed by atoms with E-state index in [9.17, 15) is 13.2 Å². The summed E-state index contributed by atoms with van der Waals surface area (Å²) in [5.74, 6) is 0.430. The Labute approximate surface area is 182 Å². The molecule has 7 heteroatoms. The molecule has 0 spiro atoms. The number of nitrogens with zero attached hydrogens (tertiary/aromatic N) is 2. The Bertz CT molecular complexity index is 1070. The quantitative estimate of drug-likeness (QED) is 0.717. The molecule has 0 radical (unpaired) electrons. The summed E-state index contributed by atoms with van der Waals surface area (Å²) in [6.07, 6.45) is 0.234. The Morgan fingerprint density at radius 1 is 1.10 bits per heavy atom. The van der Waals surface area contributed by atoms with Crippen molar-refractivity contribution in [1.82, 2.24) is 0 Å². The maximum atomic E-state index is 12.7. The summed E-state index contributed by atoms with van der Waals surface area (Å²) < 4.78 is 24.4. The number of benzene rings is 2. The highest BCUT2D eigenvalue weighted by Gasteiger charge is 2.49. The molecule has 0 aliphatic carbocycles. The second-order valence-electron chi connectivity index (χ2n) is 8.37. The fourth-order valence-corrected chi connectivity index (χ4v) is 7.84. The lowest BCUT2D eigenvalue weighted by Gasteiger charge is -2.25. The number of rotatable bonds is 4. The van der Waals surface area contributed by atoms with Gasteiger partial charge >= 0.3 is 0 Å². The molecule has 30 heavy (non-hydrogen) atoms. The van der Waals surface area contributed by atoms with Crippen molar-refractivity contribution in [2.75, 3.05) is 16.4 Å². The van der Waals surface area contributed by atoms with Gasteiger partial charge in [-0.2, -0.15) is 4.99 Å². The molecule has 2 aliphatic rings. The molecule has 2 heterocycles. The monoisotopic (exact) mass is 442 g/mol. The number of hydrogen-bond donors (Lipinski definition) is 0. The van der Waals surface area contributed by atoms with Gasteiger partial charge in [0.2, 0.25) is 0 Å². The topological polar surface area (TPSA) is 66.8 Å². The minimum absolute atomic E-state index is 0.0919. The molecule has 0 N–H and O–H groups in total. The van der Waals surface area contributed by atoms with Gasteiger partial charge in [0.05, 0.1) is 24.0 Å². The zero-order valence-electron chi connectivity index (χ0n) is 17.4. The van der Waals surface area contributed by atoms with Gasteiger partial charge in [-0.3, -0.25) is 4.79 Å². The van der Waals surface area contributed by atoms with Crippen molar-refractivity contribution in [3.63, 3.8) is 0 Å². The SMILES string of the molecule is Cc1ccc(CC(=O)N=C2S[C@@H]3CS(=O)(=O)C[C@@H]3N2c2ccc(C(C)C)cc2)cc1. The summed E-state index contributed by atoms with van der Waals surface area (Å²) >= 11 is 1.41. The summed E-state index contributed by atoms with van der Waals surface area (Å²) in [6.45, 7) is 6.28. The Balaban J connectivity index is 1.62. The second kappa shape index (κ2) is 8.19. The lowest BCUT2D eigenvalue weighted by Crippen LogP contribution is -2.37. The first-order chi connectivity index (χ1) is 14.2. The van der Waals surface area contributed by atoms with Gasteiger partial charge in [-0.25, -0.2) is 8.42 Å². The smallest absolute Gasteiger partial charge is 0.252 e. The van der Waals surface area contributed by atoms with Crippen LogP contribution in [0.5, 0.6) is 0 Å². The predicted octanol–water partition coefficient (Wildman–Crippen LogP) is 3.96. The molecule has 2 fully saturated rings. The molecule has 1 amide bonds. The number of fused-ring (bicyclic) bond motifs is 1. The van der Waals surface area contributed by atoms with Crippen LogP contribution in [0.25, 0.3) is 0 Å². The van der Waals surface area contributed by atoms with E-state index in [1.54, 1.807) is 0 Å². The van der Waals surface area contributed by atoms with E-state index >= 15 is 0 Å². The Hall–Kier alpha value is -2.12. The fourth-order valence-electron chi connectivity index (χ4n) is 3.91. The van der Waals surface area contributed by atoms with E-state index in [0.29, 0.717) is 11.1 Å². The average Bonchev–Trinajstić information content (AvgIpc) is 3.14. The molecule has 0 saturated carbocycles. The third kappa shape index (κ3) is 4.47. The normalized spacial score (nSPS) is 23.9. The molecule has 0 unspecified atom stereocenters. The molecule has 0 bridgehead atoms. The highest BCUT2D eigenvalue weighted by molar-refractivity contribution is 8.16. The van der Waals surface area contributed by atoms with Gasteiger partial charge in [-0.15, -0.1) is 0 Å². The van der Waals surface area contributed by atoms with Gasteiger partial charge in [0, 0.05) is 10.9 Å². The highest BCUT2D eigenvalue weighted by atomic mass is 32.2. The van der Waals surface area contributed by atoms with Crippen LogP contribution in [0.4, 0.5) is 5.69 Å². The third-order valence-corrected chi connectivity index (χ3v) is 8.81. The van der Waals surface area contributed by atoms with Crippen molar-refractivity contribution in [3.8, 4) is 0 Å². The molecular weight excluding hydrogens is 416 g/mol. The largest absolute Gasteiger partial charge is 0.316 e. The molecule has 2 aliphatic heterocycles. The average molecular weight is 443 g/mol. The summed E-state index contributed by atoms with van der Waals surface area (Å²) in [5.41, 5.74) is 4.18. The molecule has 0 aromatic heterocycles. The van der Waals surface area contributed by atoms with E-state index in [1.807, 2.05) is 48.2 Å². The minimum atomic E-state index is -3.07. The number of thioether (sulfide) groups is 1. The summed E-state index contributed by atoms with van der Waals surface area (Å²) in [4.78, 5) is 19.0. The number of amidine groups is 1. The zero-order chi connectivity index (χ0) is 21.5. The standard InChI is InChI=1S/C23H26N2O3S2/c1-15(2)18-8-10-19(11-9-18)25-20-13-30(27,28)14-21(20)29-23(25)24-22(26)12-17-6-4-16(3)5-7-17/h4-11,15,20-21H,12-14H2,1-3H3/t20-,21+/m0/s1. The van der Waals surface area contributed by atoms with Gasteiger partial charge in [-0.1, -0.05) is 67.6 Å². The molecule has 158 valence electrons. The van der Waals surface area contributed by atoms with Gasteiger partial charge in [-0.05, 0) is 36.1 Å². The van der Waals surface area contributed by atoms with Crippen molar-refractivity contribution < 1.29 is 13.2 Å². The van der Waals surface area contributed by atoms with E-state index in [4.69, 9.17) is 0 Å². The number of carbonyl (C=O) groups is 1. The van der Waals surface area contributed by atoms with Crippen LogP contribution in [0.1, 0.15) is 36.5 Å². The van der Waals surface area contributed by atoms with E-state index in [0.717, 1.165) is 16.8 Å². The third-order valence-electron chi connectivity index (χ3n) is 5.60.